The summed E-state index contributed by atoms with van der Waals surface area (Å²) in [6.45, 7) is 2.19. The van der Waals surface area contributed by atoms with Crippen molar-refractivity contribution in [2.45, 2.75) is 44.7 Å². The quantitative estimate of drug-likeness (QED) is 0.864. The molecule has 2 heterocycles. The zero-order chi connectivity index (χ0) is 11.5. The summed E-state index contributed by atoms with van der Waals surface area (Å²) in [6, 6.07) is 2.85. The van der Waals surface area contributed by atoms with E-state index in [1.807, 2.05) is 11.4 Å². The molecule has 0 radical (unpaired) electrons. The Morgan fingerprint density at radius 1 is 1.62 bits per heavy atom. The van der Waals surface area contributed by atoms with Crippen LogP contribution in [0.4, 0.5) is 0 Å². The standard InChI is InChI=1S/C12H16BrNOS/c1-8-3-2-4-10(14-8)6-11(15)12-5-9(13)7-16-12/h5,7-8,10,14H,2-4,6H2,1H3. The van der Waals surface area contributed by atoms with Crippen molar-refractivity contribution in [3.8, 4) is 0 Å². The zero-order valence-electron chi connectivity index (χ0n) is 9.33. The second kappa shape index (κ2) is 5.43. The van der Waals surface area contributed by atoms with E-state index in [9.17, 15) is 4.79 Å². The number of ketones is 1. The lowest BCUT2D eigenvalue weighted by Gasteiger charge is -2.28. The van der Waals surface area contributed by atoms with Gasteiger partial charge < -0.3 is 5.32 Å². The van der Waals surface area contributed by atoms with Crippen LogP contribution >= 0.6 is 27.3 Å². The lowest BCUT2D eigenvalue weighted by Crippen LogP contribution is -2.41. The highest BCUT2D eigenvalue weighted by Gasteiger charge is 2.21. The van der Waals surface area contributed by atoms with Crippen molar-refractivity contribution in [2.24, 2.45) is 0 Å². The van der Waals surface area contributed by atoms with E-state index in [-0.39, 0.29) is 5.78 Å². The molecule has 0 aromatic carbocycles. The van der Waals surface area contributed by atoms with Gasteiger partial charge in [-0.25, -0.2) is 0 Å². The van der Waals surface area contributed by atoms with Gasteiger partial charge in [-0.15, -0.1) is 11.3 Å². The van der Waals surface area contributed by atoms with E-state index in [0.29, 0.717) is 18.5 Å². The van der Waals surface area contributed by atoms with Crippen LogP contribution in [-0.2, 0) is 0 Å². The van der Waals surface area contributed by atoms with Gasteiger partial charge in [-0.05, 0) is 41.8 Å². The third-order valence-electron chi connectivity index (χ3n) is 2.98. The molecule has 1 saturated heterocycles. The van der Waals surface area contributed by atoms with Gasteiger partial charge in [-0.2, -0.15) is 0 Å². The first-order chi connectivity index (χ1) is 7.65. The number of nitrogens with one attached hydrogen (secondary N) is 1. The van der Waals surface area contributed by atoms with E-state index in [0.717, 1.165) is 15.8 Å². The molecule has 0 aliphatic carbocycles. The summed E-state index contributed by atoms with van der Waals surface area (Å²) < 4.78 is 1.01. The lowest BCUT2D eigenvalue weighted by atomic mass is 9.96. The van der Waals surface area contributed by atoms with Crippen LogP contribution < -0.4 is 5.32 Å². The Balaban J connectivity index is 1.92. The number of thiophene rings is 1. The van der Waals surface area contributed by atoms with Gasteiger partial charge in [0.15, 0.2) is 5.78 Å². The van der Waals surface area contributed by atoms with Crippen molar-refractivity contribution in [3.05, 3.63) is 20.8 Å². The molecule has 88 valence electrons. The second-order valence-electron chi connectivity index (χ2n) is 4.45. The topological polar surface area (TPSA) is 29.1 Å². The average molecular weight is 302 g/mol. The number of carbonyl (C=O) groups is 1. The largest absolute Gasteiger partial charge is 0.311 e. The molecule has 2 unspecified atom stereocenters. The van der Waals surface area contributed by atoms with E-state index in [2.05, 4.69) is 28.2 Å². The normalized spacial score (nSPS) is 25.6. The summed E-state index contributed by atoms with van der Waals surface area (Å²) in [5, 5.41) is 5.46. The Bertz CT molecular complexity index is 377. The minimum absolute atomic E-state index is 0.266. The maximum Gasteiger partial charge on any atom is 0.174 e. The Morgan fingerprint density at radius 2 is 2.44 bits per heavy atom. The minimum Gasteiger partial charge on any atom is -0.311 e. The molecule has 0 saturated carbocycles. The van der Waals surface area contributed by atoms with Crippen molar-refractivity contribution in [1.29, 1.82) is 0 Å². The Morgan fingerprint density at radius 3 is 3.06 bits per heavy atom. The minimum atomic E-state index is 0.266. The molecule has 0 amide bonds. The molecule has 1 aromatic rings. The molecule has 4 heteroatoms. The second-order valence-corrected chi connectivity index (χ2v) is 6.28. The fourth-order valence-electron chi connectivity index (χ4n) is 2.18. The van der Waals surface area contributed by atoms with Gasteiger partial charge in [0, 0.05) is 28.4 Å². The molecule has 1 aliphatic rings. The molecule has 2 atom stereocenters. The molecular weight excluding hydrogens is 286 g/mol. The third-order valence-corrected chi connectivity index (χ3v) is 4.72. The van der Waals surface area contributed by atoms with Crippen LogP contribution in [0.25, 0.3) is 0 Å². The smallest absolute Gasteiger partial charge is 0.174 e. The molecule has 1 fully saturated rings. The molecule has 0 spiro atoms. The first-order valence-electron chi connectivity index (χ1n) is 5.68. The number of piperidine rings is 1. The van der Waals surface area contributed by atoms with Crippen molar-refractivity contribution in [1.82, 2.24) is 5.32 Å². The zero-order valence-corrected chi connectivity index (χ0v) is 11.7. The molecule has 1 aliphatic heterocycles. The van der Waals surface area contributed by atoms with Gasteiger partial charge in [-0.3, -0.25) is 4.79 Å². The number of rotatable bonds is 3. The lowest BCUT2D eigenvalue weighted by molar-refractivity contribution is 0.0964. The van der Waals surface area contributed by atoms with Crippen molar-refractivity contribution >= 4 is 33.0 Å². The summed E-state index contributed by atoms with van der Waals surface area (Å²) in [6.07, 6.45) is 4.23. The first kappa shape index (κ1) is 12.3. The molecule has 0 bridgehead atoms. The van der Waals surface area contributed by atoms with E-state index in [1.54, 1.807) is 0 Å². The van der Waals surface area contributed by atoms with Crippen LogP contribution in [-0.4, -0.2) is 17.9 Å². The van der Waals surface area contributed by atoms with E-state index in [1.165, 1.54) is 24.2 Å². The Kier molecular flexibility index (Phi) is 4.16. The van der Waals surface area contributed by atoms with Crippen LogP contribution in [0.15, 0.2) is 15.9 Å². The Hall–Kier alpha value is -0.190. The van der Waals surface area contributed by atoms with Gasteiger partial charge in [0.1, 0.15) is 0 Å². The molecular formula is C12H16BrNOS. The SMILES string of the molecule is CC1CCCC(CC(=O)c2cc(Br)cs2)N1. The Labute approximate surface area is 109 Å². The first-order valence-corrected chi connectivity index (χ1v) is 7.35. The average Bonchev–Trinajstić information content (AvgIpc) is 2.65. The van der Waals surface area contributed by atoms with Gasteiger partial charge >= 0.3 is 0 Å². The fraction of sp³-hybridized carbons (Fsp3) is 0.583. The molecule has 2 rings (SSSR count). The van der Waals surface area contributed by atoms with Crippen LogP contribution in [0.3, 0.4) is 0 Å². The van der Waals surface area contributed by atoms with Gasteiger partial charge in [0.25, 0.3) is 0 Å². The number of halogens is 1. The molecule has 2 nitrogen and oxygen atoms in total. The van der Waals surface area contributed by atoms with Crippen molar-refractivity contribution in [2.75, 3.05) is 0 Å². The third kappa shape index (κ3) is 3.15. The number of hydrogen-bond acceptors (Lipinski definition) is 3. The van der Waals surface area contributed by atoms with Gasteiger partial charge in [0.2, 0.25) is 0 Å². The fourth-order valence-corrected chi connectivity index (χ4v) is 3.56. The van der Waals surface area contributed by atoms with E-state index in [4.69, 9.17) is 0 Å². The molecule has 16 heavy (non-hydrogen) atoms. The predicted molar refractivity (Wildman–Crippen MR) is 71.2 cm³/mol. The molecule has 1 aromatic heterocycles. The van der Waals surface area contributed by atoms with Gasteiger partial charge in [-0.1, -0.05) is 6.42 Å². The van der Waals surface area contributed by atoms with Crippen LogP contribution in [0, 0.1) is 0 Å². The number of carbonyl (C=O) groups excluding carboxylic acids is 1. The van der Waals surface area contributed by atoms with Crippen LogP contribution in [0.5, 0.6) is 0 Å². The summed E-state index contributed by atoms with van der Waals surface area (Å²) >= 11 is 4.90. The maximum absolute atomic E-state index is 12.0. The highest BCUT2D eigenvalue weighted by molar-refractivity contribution is 9.10. The molecule has 1 N–H and O–H groups in total. The van der Waals surface area contributed by atoms with Gasteiger partial charge in [0.05, 0.1) is 4.88 Å². The van der Waals surface area contributed by atoms with Crippen LogP contribution in [0.1, 0.15) is 42.3 Å². The monoisotopic (exact) mass is 301 g/mol. The number of hydrogen-bond donors (Lipinski definition) is 1. The van der Waals surface area contributed by atoms with E-state index < -0.39 is 0 Å². The summed E-state index contributed by atoms with van der Waals surface area (Å²) in [4.78, 5) is 12.8. The highest BCUT2D eigenvalue weighted by atomic mass is 79.9. The van der Waals surface area contributed by atoms with Crippen molar-refractivity contribution < 1.29 is 4.79 Å². The van der Waals surface area contributed by atoms with E-state index >= 15 is 0 Å². The summed E-state index contributed by atoms with van der Waals surface area (Å²) in [5.74, 6) is 0.266. The predicted octanol–water partition coefficient (Wildman–Crippen LogP) is 3.61. The summed E-state index contributed by atoms with van der Waals surface area (Å²) in [5.41, 5.74) is 0. The highest BCUT2D eigenvalue weighted by Crippen LogP contribution is 2.23. The van der Waals surface area contributed by atoms with Crippen molar-refractivity contribution in [3.63, 3.8) is 0 Å². The maximum atomic E-state index is 12.0. The summed E-state index contributed by atoms with van der Waals surface area (Å²) in [7, 11) is 0. The number of Topliss-reactive ketones (excluding diaryl/α,β-unsaturated/α-hetero) is 1. The van der Waals surface area contributed by atoms with Crippen LogP contribution in [0.2, 0.25) is 0 Å².